The van der Waals surface area contributed by atoms with Crippen LogP contribution in [0.15, 0.2) is 24.4 Å². The van der Waals surface area contributed by atoms with Crippen LogP contribution in [-0.2, 0) is 20.9 Å². The normalized spacial score (nSPS) is 16.8. The van der Waals surface area contributed by atoms with Gasteiger partial charge < -0.3 is 45.2 Å². The van der Waals surface area contributed by atoms with Gasteiger partial charge in [0.2, 0.25) is 0 Å². The van der Waals surface area contributed by atoms with E-state index >= 15 is 0 Å². The monoisotopic (exact) mass is 600 g/mol. The molecular formula is C28H32N4O11. The minimum atomic E-state index is -2.27. The highest BCUT2D eigenvalue weighted by atomic mass is 16.5. The van der Waals surface area contributed by atoms with E-state index in [4.69, 9.17) is 35.2 Å². The van der Waals surface area contributed by atoms with Crippen LogP contribution in [0.5, 0.6) is 5.75 Å². The average Bonchev–Trinajstić information content (AvgIpc) is 3.38. The molecule has 3 heterocycles. The largest absolute Gasteiger partial charge is 0.495 e. The van der Waals surface area contributed by atoms with Crippen molar-refractivity contribution < 1.29 is 54.2 Å². The number of aliphatic hydroxyl groups is 3. The Hall–Kier alpha value is -4.62. The summed E-state index contributed by atoms with van der Waals surface area (Å²) in [5.74, 6) is -3.83. The SMILES string of the molecule is COc1cc(C(=O)NC2CCN(C[C@H](O)c3ccc4c(c3C)COC4=O)CC2)ncc1C#N.O=C(O)[C@H](O)[C@@H](O)C(=O)O. The molecule has 2 aliphatic heterocycles. The molecule has 1 amide bonds. The van der Waals surface area contributed by atoms with Crippen LogP contribution in [0.1, 0.15) is 62.0 Å². The third-order valence-corrected chi connectivity index (χ3v) is 7.16. The molecule has 1 aromatic heterocycles. The molecular weight excluding hydrogens is 568 g/mol. The van der Waals surface area contributed by atoms with Gasteiger partial charge in [-0.15, -0.1) is 0 Å². The summed E-state index contributed by atoms with van der Waals surface area (Å²) in [6, 6.07) is 6.98. The number of methoxy groups -OCH3 is 1. The summed E-state index contributed by atoms with van der Waals surface area (Å²) < 4.78 is 10.2. The number of nitrogens with one attached hydrogen (secondary N) is 1. The van der Waals surface area contributed by atoms with Crippen LogP contribution >= 0.6 is 0 Å². The predicted molar refractivity (Wildman–Crippen MR) is 145 cm³/mol. The topological polar surface area (TPSA) is 240 Å². The minimum absolute atomic E-state index is 0.000720. The maximum absolute atomic E-state index is 12.6. The van der Waals surface area contributed by atoms with E-state index in [0.717, 1.165) is 42.6 Å². The average molecular weight is 601 g/mol. The van der Waals surface area contributed by atoms with Crippen molar-refractivity contribution in [1.82, 2.24) is 15.2 Å². The van der Waals surface area contributed by atoms with E-state index < -0.39 is 30.3 Å². The third kappa shape index (κ3) is 8.02. The van der Waals surface area contributed by atoms with Gasteiger partial charge in [-0.1, -0.05) is 6.07 Å². The number of carboxylic acid groups (broad SMARTS) is 2. The number of hydrogen-bond donors (Lipinski definition) is 6. The Morgan fingerprint density at radius 1 is 1.16 bits per heavy atom. The molecule has 4 rings (SSSR count). The van der Waals surface area contributed by atoms with Crippen molar-refractivity contribution in [1.29, 1.82) is 5.26 Å². The molecule has 2 aliphatic rings. The highest BCUT2D eigenvalue weighted by molar-refractivity contribution is 5.94. The molecule has 15 nitrogen and oxygen atoms in total. The first-order valence-electron chi connectivity index (χ1n) is 13.1. The number of rotatable bonds is 9. The molecule has 0 unspecified atom stereocenters. The van der Waals surface area contributed by atoms with Crippen molar-refractivity contribution in [3.05, 3.63) is 57.9 Å². The molecule has 0 saturated carbocycles. The Morgan fingerprint density at radius 3 is 2.35 bits per heavy atom. The van der Waals surface area contributed by atoms with Crippen LogP contribution in [0, 0.1) is 18.3 Å². The lowest BCUT2D eigenvalue weighted by molar-refractivity contribution is -0.165. The molecule has 1 fully saturated rings. The lowest BCUT2D eigenvalue weighted by atomic mass is 9.94. The van der Waals surface area contributed by atoms with E-state index in [2.05, 4.69) is 15.2 Å². The number of esters is 1. The van der Waals surface area contributed by atoms with Crippen molar-refractivity contribution in [2.75, 3.05) is 26.7 Å². The molecule has 15 heteroatoms. The van der Waals surface area contributed by atoms with Gasteiger partial charge in [0.25, 0.3) is 5.91 Å². The highest BCUT2D eigenvalue weighted by Gasteiger charge is 2.30. The summed E-state index contributed by atoms with van der Waals surface area (Å²) in [5.41, 5.74) is 3.62. The zero-order chi connectivity index (χ0) is 31.8. The van der Waals surface area contributed by atoms with Crippen LogP contribution in [0.25, 0.3) is 0 Å². The molecule has 230 valence electrons. The summed E-state index contributed by atoms with van der Waals surface area (Å²) in [6.07, 6.45) is -2.38. The summed E-state index contributed by atoms with van der Waals surface area (Å²) in [4.78, 5) is 50.1. The highest BCUT2D eigenvalue weighted by Crippen LogP contribution is 2.30. The quantitative estimate of drug-likeness (QED) is 0.203. The van der Waals surface area contributed by atoms with E-state index in [1.807, 2.05) is 13.0 Å². The smallest absolute Gasteiger partial charge is 0.338 e. The number of ether oxygens (including phenoxy) is 2. The molecule has 0 aliphatic carbocycles. The third-order valence-electron chi connectivity index (χ3n) is 7.16. The number of carbonyl (C=O) groups excluding carboxylic acids is 2. The standard InChI is InChI=1S/C24H26N4O5.C4H6O6/c1-14-17(3-4-18-19(14)13-33-24(18)31)21(29)12-28-7-5-16(6-8-28)27-23(30)20-9-22(32-2)15(10-25)11-26-20;5-1(3(7)8)2(6)4(9)10/h3-4,9,11,16,21,29H,5-8,12-13H2,1-2H3,(H,27,30);1-2,5-6H,(H,7,8)(H,9,10)/t21-;1-,2-/m01/s1. The molecule has 1 saturated heterocycles. The number of amides is 1. The van der Waals surface area contributed by atoms with Crippen molar-refractivity contribution in [2.45, 2.75) is 50.7 Å². The molecule has 0 bridgehead atoms. The summed E-state index contributed by atoms with van der Waals surface area (Å²) >= 11 is 0. The zero-order valence-corrected chi connectivity index (χ0v) is 23.4. The second-order valence-electron chi connectivity index (χ2n) is 9.89. The molecule has 3 atom stereocenters. The van der Waals surface area contributed by atoms with Gasteiger partial charge in [0.1, 0.15) is 29.7 Å². The second-order valence-corrected chi connectivity index (χ2v) is 9.89. The first-order chi connectivity index (χ1) is 20.4. The number of nitrogens with zero attached hydrogens (tertiary/aromatic N) is 3. The second kappa shape index (κ2) is 14.5. The number of nitriles is 1. The summed E-state index contributed by atoms with van der Waals surface area (Å²) in [5, 5.41) is 55.4. The van der Waals surface area contributed by atoms with Crippen LogP contribution in [0.2, 0.25) is 0 Å². The van der Waals surface area contributed by atoms with Crippen LogP contribution in [0.3, 0.4) is 0 Å². The van der Waals surface area contributed by atoms with Gasteiger partial charge in [-0.05, 0) is 37.0 Å². The van der Waals surface area contributed by atoms with Gasteiger partial charge in [-0.3, -0.25) is 4.79 Å². The van der Waals surface area contributed by atoms with Gasteiger partial charge in [-0.2, -0.15) is 5.26 Å². The molecule has 6 N–H and O–H groups in total. The van der Waals surface area contributed by atoms with E-state index in [0.29, 0.717) is 17.9 Å². The number of aliphatic hydroxyl groups excluding tert-OH is 3. The summed E-state index contributed by atoms with van der Waals surface area (Å²) in [6.45, 7) is 4.11. The number of carbonyl (C=O) groups is 4. The van der Waals surface area contributed by atoms with Crippen molar-refractivity contribution in [2.24, 2.45) is 0 Å². The van der Waals surface area contributed by atoms with Gasteiger partial charge in [0, 0.05) is 43.5 Å². The predicted octanol–water partition coefficient (Wildman–Crippen LogP) is -0.254. The zero-order valence-electron chi connectivity index (χ0n) is 23.4. The molecule has 2 aromatic rings. The first kappa shape index (κ1) is 32.9. The van der Waals surface area contributed by atoms with Crippen LogP contribution in [-0.4, -0.2) is 104 Å². The Bertz CT molecular complexity index is 1400. The Morgan fingerprint density at radius 2 is 1.79 bits per heavy atom. The van der Waals surface area contributed by atoms with Gasteiger partial charge in [-0.25, -0.2) is 19.4 Å². The molecule has 1 aromatic carbocycles. The number of piperidine rings is 1. The molecule has 0 spiro atoms. The number of aromatic nitrogens is 1. The number of likely N-dealkylation sites (tertiary alicyclic amines) is 1. The Labute approximate surface area is 245 Å². The maximum atomic E-state index is 12.6. The van der Waals surface area contributed by atoms with Gasteiger partial charge in [0.15, 0.2) is 12.2 Å². The van der Waals surface area contributed by atoms with E-state index in [1.165, 1.54) is 19.4 Å². The number of pyridine rings is 1. The van der Waals surface area contributed by atoms with Gasteiger partial charge >= 0.3 is 17.9 Å². The first-order valence-corrected chi connectivity index (χ1v) is 13.1. The fraction of sp³-hybridized carbons (Fsp3) is 0.429. The number of hydrogen-bond acceptors (Lipinski definition) is 12. The number of cyclic esters (lactones) is 1. The Kier molecular flexibility index (Phi) is 11.1. The van der Waals surface area contributed by atoms with Crippen molar-refractivity contribution in [3.63, 3.8) is 0 Å². The molecule has 43 heavy (non-hydrogen) atoms. The summed E-state index contributed by atoms with van der Waals surface area (Å²) in [7, 11) is 1.44. The molecule has 0 radical (unpaired) electrons. The van der Waals surface area contributed by atoms with E-state index in [9.17, 15) is 24.3 Å². The Balaban J connectivity index is 0.000000436. The van der Waals surface area contributed by atoms with Crippen LogP contribution < -0.4 is 10.1 Å². The van der Waals surface area contributed by atoms with Crippen molar-refractivity contribution >= 4 is 23.8 Å². The number of carboxylic acids is 2. The lowest BCUT2D eigenvalue weighted by Gasteiger charge is -2.33. The maximum Gasteiger partial charge on any atom is 0.338 e. The van der Waals surface area contributed by atoms with E-state index in [-0.39, 0.29) is 35.8 Å². The number of aliphatic carboxylic acids is 2. The fourth-order valence-corrected chi connectivity index (χ4v) is 4.67. The van der Waals surface area contributed by atoms with Crippen molar-refractivity contribution in [3.8, 4) is 11.8 Å². The fourth-order valence-electron chi connectivity index (χ4n) is 4.67. The number of benzene rings is 1. The minimum Gasteiger partial charge on any atom is -0.495 e. The lowest BCUT2D eigenvalue weighted by Crippen LogP contribution is -2.45. The van der Waals surface area contributed by atoms with Gasteiger partial charge in [0.05, 0.1) is 18.8 Å². The number of fused-ring (bicyclic) bond motifs is 1. The van der Waals surface area contributed by atoms with Crippen LogP contribution in [0.4, 0.5) is 0 Å². The van der Waals surface area contributed by atoms with E-state index in [1.54, 1.807) is 12.1 Å². The number of β-amino-alcohol motifs (C(OH)–C–C–N with tert-alkyl or cyclic N) is 1.